The van der Waals surface area contributed by atoms with Crippen molar-refractivity contribution in [2.45, 2.75) is 6.36 Å². The van der Waals surface area contributed by atoms with Crippen LogP contribution in [0.5, 0.6) is 5.75 Å². The van der Waals surface area contributed by atoms with Crippen LogP contribution in [0.15, 0.2) is 18.2 Å². The Morgan fingerprint density at radius 1 is 1.38 bits per heavy atom. The van der Waals surface area contributed by atoms with E-state index in [0.29, 0.717) is 10.2 Å². The third-order valence-electron chi connectivity index (χ3n) is 3.38. The Bertz CT molecular complexity index is 906. The number of thiazole rings is 1. The van der Waals surface area contributed by atoms with Gasteiger partial charge in [-0.05, 0) is 12.1 Å². The molecule has 160 valence electrons. The van der Waals surface area contributed by atoms with E-state index in [9.17, 15) is 27.0 Å². The number of hydrogen-bond acceptors (Lipinski definition) is 7. The van der Waals surface area contributed by atoms with Gasteiger partial charge in [-0.15, -0.1) is 13.2 Å². The Labute approximate surface area is 169 Å². The highest BCUT2D eigenvalue weighted by molar-refractivity contribution is 7.79. The fourth-order valence-electron chi connectivity index (χ4n) is 2.11. The van der Waals surface area contributed by atoms with Crippen molar-refractivity contribution in [1.29, 1.82) is 0 Å². The van der Waals surface area contributed by atoms with Gasteiger partial charge in [0.2, 0.25) is 11.8 Å². The van der Waals surface area contributed by atoms with Gasteiger partial charge in [-0.1, -0.05) is 11.3 Å². The second-order valence-electron chi connectivity index (χ2n) is 5.70. The summed E-state index contributed by atoms with van der Waals surface area (Å²) in [6.07, 6.45) is -4.81. The number of anilines is 1. The number of fused-ring (bicyclic) bond motifs is 1. The molecule has 0 aliphatic rings. The first kappa shape index (κ1) is 23.0. The van der Waals surface area contributed by atoms with Crippen LogP contribution in [-0.2, 0) is 20.7 Å². The highest BCUT2D eigenvalue weighted by Crippen LogP contribution is 2.31. The molecule has 0 spiro atoms. The number of amides is 2. The van der Waals surface area contributed by atoms with E-state index < -0.39 is 35.0 Å². The topological polar surface area (TPSA) is 121 Å². The van der Waals surface area contributed by atoms with E-state index in [1.54, 1.807) is 0 Å². The first-order valence-electron chi connectivity index (χ1n) is 8.02. The second-order valence-corrected chi connectivity index (χ2v) is 7.78. The van der Waals surface area contributed by atoms with Gasteiger partial charge in [0, 0.05) is 19.7 Å². The summed E-state index contributed by atoms with van der Waals surface area (Å²) in [6, 6.07) is 3.62. The zero-order valence-corrected chi connectivity index (χ0v) is 16.6. The Kier molecular flexibility index (Phi) is 7.89. The van der Waals surface area contributed by atoms with Gasteiger partial charge in [0.15, 0.2) is 16.2 Å². The molecule has 1 unspecified atom stereocenters. The lowest BCUT2D eigenvalue weighted by molar-refractivity contribution is -0.274. The maximum Gasteiger partial charge on any atom is 0.573 e. The van der Waals surface area contributed by atoms with Crippen LogP contribution in [0.3, 0.4) is 0 Å². The number of hydrogen-bond donors (Lipinski definition) is 3. The quantitative estimate of drug-likeness (QED) is 0.387. The molecule has 0 saturated carbocycles. The van der Waals surface area contributed by atoms with Gasteiger partial charge in [-0.25, -0.2) is 9.19 Å². The van der Waals surface area contributed by atoms with Crippen LogP contribution in [0.2, 0.25) is 0 Å². The number of benzene rings is 1. The monoisotopic (exact) mass is 454 g/mol. The van der Waals surface area contributed by atoms with Crippen LogP contribution >= 0.6 is 11.3 Å². The third kappa shape index (κ3) is 7.92. The number of likely N-dealkylation sites (N-methyl/N-ethyl adjacent to an activating group) is 1. The number of nitrogens with one attached hydrogen (secondary N) is 2. The van der Waals surface area contributed by atoms with E-state index in [4.69, 9.17) is 4.55 Å². The third-order valence-corrected chi connectivity index (χ3v) is 4.86. The molecule has 1 aromatic heterocycles. The molecule has 3 N–H and O–H groups in total. The number of ether oxygens (including phenoxy) is 1. The molecule has 29 heavy (non-hydrogen) atoms. The molecule has 1 atom stereocenters. The zero-order valence-electron chi connectivity index (χ0n) is 15.0. The smallest absolute Gasteiger partial charge is 0.406 e. The van der Waals surface area contributed by atoms with Crippen molar-refractivity contribution in [3.05, 3.63) is 18.2 Å². The molecule has 0 bridgehead atoms. The van der Waals surface area contributed by atoms with Crippen molar-refractivity contribution in [3.8, 4) is 5.75 Å². The molecule has 9 nitrogen and oxygen atoms in total. The van der Waals surface area contributed by atoms with E-state index in [2.05, 4.69) is 20.4 Å². The first-order valence-corrected chi connectivity index (χ1v) is 10.1. The average molecular weight is 454 g/mol. The molecular weight excluding hydrogens is 437 g/mol. The summed E-state index contributed by atoms with van der Waals surface area (Å²) in [5.74, 6) is -1.36. The number of carbonyl (C=O) groups is 2. The van der Waals surface area contributed by atoms with Gasteiger partial charge < -0.3 is 24.8 Å². The van der Waals surface area contributed by atoms with Crippen molar-refractivity contribution in [1.82, 2.24) is 15.2 Å². The highest BCUT2D eigenvalue weighted by atomic mass is 32.2. The summed E-state index contributed by atoms with van der Waals surface area (Å²) >= 11 is -0.995. The fraction of sp³-hybridized carbons (Fsp3) is 0.400. The molecular formula is C15H17F3N4O5S2. The predicted molar refractivity (Wildman–Crippen MR) is 101 cm³/mol. The minimum atomic E-state index is -4.81. The van der Waals surface area contributed by atoms with Crippen LogP contribution in [0, 0.1) is 0 Å². The van der Waals surface area contributed by atoms with E-state index >= 15 is 0 Å². The van der Waals surface area contributed by atoms with E-state index in [0.717, 1.165) is 28.4 Å². The molecule has 14 heteroatoms. The lowest BCUT2D eigenvalue weighted by Gasteiger charge is -2.16. The highest BCUT2D eigenvalue weighted by Gasteiger charge is 2.31. The Morgan fingerprint density at radius 2 is 2.10 bits per heavy atom. The molecule has 0 aliphatic carbocycles. The van der Waals surface area contributed by atoms with Gasteiger partial charge in [-0.3, -0.25) is 9.59 Å². The molecule has 1 aromatic carbocycles. The van der Waals surface area contributed by atoms with Crippen LogP contribution in [0.25, 0.3) is 10.2 Å². The maximum atomic E-state index is 12.3. The van der Waals surface area contributed by atoms with Crippen LogP contribution in [0.4, 0.5) is 18.3 Å². The van der Waals surface area contributed by atoms with Gasteiger partial charge in [0.05, 0.1) is 29.1 Å². The molecule has 1 heterocycles. The predicted octanol–water partition coefficient (Wildman–Crippen LogP) is 1.40. The number of rotatable bonds is 9. The van der Waals surface area contributed by atoms with Crippen LogP contribution < -0.4 is 15.4 Å². The normalized spacial score (nSPS) is 12.6. The van der Waals surface area contributed by atoms with Crippen molar-refractivity contribution in [3.63, 3.8) is 0 Å². The Morgan fingerprint density at radius 3 is 2.76 bits per heavy atom. The summed E-state index contributed by atoms with van der Waals surface area (Å²) in [6.45, 7) is -0.213. The van der Waals surface area contributed by atoms with Crippen LogP contribution in [-0.4, -0.2) is 69.3 Å². The minimum absolute atomic E-state index is 0.0230. The number of carbonyl (C=O) groups excluding carboxylic acids is 2. The molecule has 0 aliphatic heterocycles. The van der Waals surface area contributed by atoms with E-state index in [-0.39, 0.29) is 30.5 Å². The summed E-state index contributed by atoms with van der Waals surface area (Å²) < 4.78 is 60.2. The van der Waals surface area contributed by atoms with E-state index in [1.807, 2.05) is 0 Å². The van der Waals surface area contributed by atoms with Crippen molar-refractivity contribution in [2.24, 2.45) is 0 Å². The number of alkyl halides is 3. The number of halogens is 3. The standard InChI is InChI=1S/C15H17F3N4O5S2/c1-22(13(24)7-19-4-5-29(25)26)8-12(23)21-14-20-10-3-2-9(6-11(10)28-14)27-15(16,17)18/h2-3,6,19H,4-5,7-8H2,1H3,(H,25,26)(H,20,21,23). The maximum absolute atomic E-state index is 12.3. The lowest BCUT2D eigenvalue weighted by Crippen LogP contribution is -2.40. The van der Waals surface area contributed by atoms with Gasteiger partial charge in [0.1, 0.15) is 5.75 Å². The van der Waals surface area contributed by atoms with Crippen molar-refractivity contribution < 1.29 is 36.3 Å². The van der Waals surface area contributed by atoms with Gasteiger partial charge >= 0.3 is 6.36 Å². The fourth-order valence-corrected chi connectivity index (χ4v) is 3.34. The van der Waals surface area contributed by atoms with Crippen molar-refractivity contribution >= 4 is 49.6 Å². The summed E-state index contributed by atoms with van der Waals surface area (Å²) in [4.78, 5) is 29.2. The van der Waals surface area contributed by atoms with Crippen molar-refractivity contribution in [2.75, 3.05) is 37.8 Å². The lowest BCUT2D eigenvalue weighted by atomic mass is 10.3. The van der Waals surface area contributed by atoms with Gasteiger partial charge in [0.25, 0.3) is 0 Å². The number of aromatic nitrogens is 1. The Balaban J connectivity index is 1.88. The summed E-state index contributed by atoms with van der Waals surface area (Å²) in [5, 5.41) is 5.33. The number of nitrogens with zero attached hydrogens (tertiary/aromatic N) is 2. The molecule has 2 amide bonds. The second kappa shape index (κ2) is 9.96. The molecule has 2 aromatic rings. The average Bonchev–Trinajstić information content (AvgIpc) is 2.97. The Hall–Kier alpha value is -2.29. The molecule has 2 rings (SSSR count). The summed E-state index contributed by atoms with van der Waals surface area (Å²) in [5.41, 5.74) is 0.384. The van der Waals surface area contributed by atoms with Crippen LogP contribution in [0.1, 0.15) is 0 Å². The first-order chi connectivity index (χ1) is 13.5. The SMILES string of the molecule is CN(CC(=O)Nc1nc2ccc(OC(F)(F)F)cc2s1)C(=O)CNCCS(=O)O. The largest absolute Gasteiger partial charge is 0.573 e. The van der Waals surface area contributed by atoms with E-state index in [1.165, 1.54) is 13.1 Å². The zero-order chi connectivity index (χ0) is 21.6. The molecule has 0 saturated heterocycles. The van der Waals surface area contributed by atoms with Gasteiger partial charge in [-0.2, -0.15) is 0 Å². The summed E-state index contributed by atoms with van der Waals surface area (Å²) in [7, 11) is 1.41. The minimum Gasteiger partial charge on any atom is -0.406 e. The molecule has 0 fully saturated rings. The molecule has 0 radical (unpaired) electrons.